The monoisotopic (exact) mass is 212 g/mol. The van der Waals surface area contributed by atoms with Gasteiger partial charge in [-0.15, -0.1) is 0 Å². The van der Waals surface area contributed by atoms with Gasteiger partial charge in [-0.05, 0) is 51.6 Å². The lowest BCUT2D eigenvalue weighted by molar-refractivity contribution is 0.0111. The molecule has 0 radical (unpaired) electrons. The number of hydrogen-bond acceptors (Lipinski definition) is 3. The summed E-state index contributed by atoms with van der Waals surface area (Å²) in [6.07, 6.45) is 8.26. The average molecular weight is 212 g/mol. The Kier molecular flexibility index (Phi) is 4.90. The highest BCUT2D eigenvalue weighted by Gasteiger charge is 2.15. The SMILES string of the molecule is C1CCC(CCNC2CCCNC2)OC1. The molecule has 0 bridgehead atoms. The zero-order valence-electron chi connectivity index (χ0n) is 9.63. The van der Waals surface area contributed by atoms with Crippen molar-refractivity contribution in [1.82, 2.24) is 10.6 Å². The molecule has 2 N–H and O–H groups in total. The predicted octanol–water partition coefficient (Wildman–Crippen LogP) is 1.29. The number of rotatable bonds is 4. The minimum atomic E-state index is 0.530. The Labute approximate surface area is 93.0 Å². The van der Waals surface area contributed by atoms with E-state index in [1.807, 2.05) is 0 Å². The van der Waals surface area contributed by atoms with Gasteiger partial charge < -0.3 is 15.4 Å². The highest BCUT2D eigenvalue weighted by atomic mass is 16.5. The summed E-state index contributed by atoms with van der Waals surface area (Å²) in [7, 11) is 0. The van der Waals surface area contributed by atoms with Crippen molar-refractivity contribution in [2.24, 2.45) is 0 Å². The number of nitrogens with one attached hydrogen (secondary N) is 2. The third kappa shape index (κ3) is 4.09. The van der Waals surface area contributed by atoms with Gasteiger partial charge in [0.05, 0.1) is 6.10 Å². The number of piperidine rings is 1. The summed E-state index contributed by atoms with van der Waals surface area (Å²) in [4.78, 5) is 0. The molecule has 2 aliphatic rings. The van der Waals surface area contributed by atoms with Gasteiger partial charge in [-0.2, -0.15) is 0 Å². The summed E-state index contributed by atoms with van der Waals surface area (Å²) >= 11 is 0. The lowest BCUT2D eigenvalue weighted by Gasteiger charge is -2.26. The molecule has 88 valence electrons. The van der Waals surface area contributed by atoms with E-state index in [4.69, 9.17) is 4.74 Å². The molecule has 2 aliphatic heterocycles. The van der Waals surface area contributed by atoms with Crippen molar-refractivity contribution in [2.45, 2.75) is 50.7 Å². The van der Waals surface area contributed by atoms with Gasteiger partial charge in [0.25, 0.3) is 0 Å². The van der Waals surface area contributed by atoms with Crippen LogP contribution in [0.1, 0.15) is 38.5 Å². The fourth-order valence-corrected chi connectivity index (χ4v) is 2.51. The van der Waals surface area contributed by atoms with Crippen LogP contribution in [0, 0.1) is 0 Å². The third-order valence-electron chi connectivity index (χ3n) is 3.47. The largest absolute Gasteiger partial charge is 0.378 e. The zero-order chi connectivity index (χ0) is 10.3. The van der Waals surface area contributed by atoms with E-state index in [0.29, 0.717) is 12.1 Å². The Bertz CT molecular complexity index is 145. The number of ether oxygens (including phenoxy) is 1. The molecule has 0 aliphatic carbocycles. The summed E-state index contributed by atoms with van der Waals surface area (Å²) < 4.78 is 5.71. The van der Waals surface area contributed by atoms with Gasteiger partial charge in [-0.1, -0.05) is 0 Å². The molecule has 0 saturated carbocycles. The first-order chi connectivity index (χ1) is 7.45. The van der Waals surface area contributed by atoms with Gasteiger partial charge in [-0.25, -0.2) is 0 Å². The van der Waals surface area contributed by atoms with Crippen LogP contribution in [0.4, 0.5) is 0 Å². The van der Waals surface area contributed by atoms with E-state index in [-0.39, 0.29) is 0 Å². The second-order valence-corrected chi connectivity index (χ2v) is 4.77. The molecule has 2 atom stereocenters. The van der Waals surface area contributed by atoms with Crippen LogP contribution < -0.4 is 10.6 Å². The minimum Gasteiger partial charge on any atom is -0.378 e. The molecule has 0 amide bonds. The van der Waals surface area contributed by atoms with Crippen LogP contribution in [0.2, 0.25) is 0 Å². The van der Waals surface area contributed by atoms with Crippen LogP contribution >= 0.6 is 0 Å². The predicted molar refractivity (Wildman–Crippen MR) is 62.1 cm³/mol. The first kappa shape index (κ1) is 11.4. The van der Waals surface area contributed by atoms with Gasteiger partial charge in [0, 0.05) is 19.2 Å². The summed E-state index contributed by atoms with van der Waals surface area (Å²) in [6, 6.07) is 0.697. The maximum Gasteiger partial charge on any atom is 0.0587 e. The second-order valence-electron chi connectivity index (χ2n) is 4.77. The lowest BCUT2D eigenvalue weighted by atomic mass is 10.0. The highest BCUT2D eigenvalue weighted by molar-refractivity contribution is 4.75. The van der Waals surface area contributed by atoms with Gasteiger partial charge >= 0.3 is 0 Å². The molecular weight excluding hydrogens is 188 g/mol. The molecule has 3 heteroatoms. The molecule has 2 unspecified atom stereocenters. The van der Waals surface area contributed by atoms with E-state index in [1.54, 1.807) is 0 Å². The Morgan fingerprint density at radius 2 is 2.20 bits per heavy atom. The van der Waals surface area contributed by atoms with Crippen LogP contribution in [0.15, 0.2) is 0 Å². The van der Waals surface area contributed by atoms with Crippen molar-refractivity contribution in [3.8, 4) is 0 Å². The van der Waals surface area contributed by atoms with Crippen LogP contribution in [0.25, 0.3) is 0 Å². The molecule has 0 aromatic heterocycles. The van der Waals surface area contributed by atoms with E-state index < -0.39 is 0 Å². The Morgan fingerprint density at radius 1 is 1.20 bits per heavy atom. The molecule has 15 heavy (non-hydrogen) atoms. The van der Waals surface area contributed by atoms with Crippen LogP contribution in [-0.2, 0) is 4.74 Å². The van der Waals surface area contributed by atoms with Gasteiger partial charge in [0.1, 0.15) is 0 Å². The molecule has 3 nitrogen and oxygen atoms in total. The fraction of sp³-hybridized carbons (Fsp3) is 1.00. The Balaban J connectivity index is 1.53. The molecule has 0 aromatic carbocycles. The maximum absolute atomic E-state index is 5.71. The van der Waals surface area contributed by atoms with E-state index in [9.17, 15) is 0 Å². The normalized spacial score (nSPS) is 32.8. The van der Waals surface area contributed by atoms with Crippen molar-refractivity contribution in [3.05, 3.63) is 0 Å². The van der Waals surface area contributed by atoms with Gasteiger partial charge in [0.15, 0.2) is 0 Å². The summed E-state index contributed by atoms with van der Waals surface area (Å²) in [6.45, 7) is 4.45. The maximum atomic E-state index is 5.71. The number of hydrogen-bond donors (Lipinski definition) is 2. The van der Waals surface area contributed by atoms with E-state index in [2.05, 4.69) is 10.6 Å². The average Bonchev–Trinajstić information content (AvgIpc) is 2.32. The standard InChI is InChI=1S/C12H24N2O/c1-2-9-15-12(5-1)6-8-14-11-4-3-7-13-10-11/h11-14H,1-10H2. The molecule has 2 fully saturated rings. The first-order valence-electron chi connectivity index (χ1n) is 6.51. The van der Waals surface area contributed by atoms with E-state index >= 15 is 0 Å². The molecular formula is C12H24N2O. The quantitative estimate of drug-likeness (QED) is 0.736. The zero-order valence-corrected chi connectivity index (χ0v) is 9.63. The van der Waals surface area contributed by atoms with Gasteiger partial charge in [0.2, 0.25) is 0 Å². The molecule has 2 rings (SSSR count). The second kappa shape index (κ2) is 6.46. The van der Waals surface area contributed by atoms with Crippen molar-refractivity contribution >= 4 is 0 Å². The van der Waals surface area contributed by atoms with E-state index in [1.165, 1.54) is 45.1 Å². The molecule has 0 spiro atoms. The van der Waals surface area contributed by atoms with Crippen molar-refractivity contribution in [2.75, 3.05) is 26.2 Å². The lowest BCUT2D eigenvalue weighted by Crippen LogP contribution is -2.44. The molecule has 0 aromatic rings. The summed E-state index contributed by atoms with van der Waals surface area (Å²) in [5.41, 5.74) is 0. The van der Waals surface area contributed by atoms with E-state index in [0.717, 1.165) is 19.7 Å². The topological polar surface area (TPSA) is 33.3 Å². The Hall–Kier alpha value is -0.120. The smallest absolute Gasteiger partial charge is 0.0587 e. The van der Waals surface area contributed by atoms with Gasteiger partial charge in [-0.3, -0.25) is 0 Å². The van der Waals surface area contributed by atoms with Crippen LogP contribution in [0.3, 0.4) is 0 Å². The summed E-state index contributed by atoms with van der Waals surface area (Å²) in [5.74, 6) is 0. The first-order valence-corrected chi connectivity index (χ1v) is 6.51. The third-order valence-corrected chi connectivity index (χ3v) is 3.47. The molecule has 2 heterocycles. The summed E-state index contributed by atoms with van der Waals surface area (Å²) in [5, 5.41) is 7.06. The highest BCUT2D eigenvalue weighted by Crippen LogP contribution is 2.15. The van der Waals surface area contributed by atoms with Crippen LogP contribution in [0.5, 0.6) is 0 Å². The molecule has 2 saturated heterocycles. The minimum absolute atomic E-state index is 0.530. The fourth-order valence-electron chi connectivity index (χ4n) is 2.51. The van der Waals surface area contributed by atoms with Crippen molar-refractivity contribution in [1.29, 1.82) is 0 Å². The van der Waals surface area contributed by atoms with Crippen molar-refractivity contribution < 1.29 is 4.74 Å². The van der Waals surface area contributed by atoms with Crippen molar-refractivity contribution in [3.63, 3.8) is 0 Å². The Morgan fingerprint density at radius 3 is 2.93 bits per heavy atom. The van der Waals surface area contributed by atoms with Crippen LogP contribution in [-0.4, -0.2) is 38.4 Å².